The molecule has 6 heteroatoms. The molecule has 0 saturated heterocycles. The zero-order valence-electron chi connectivity index (χ0n) is 19.9. The Kier molecular flexibility index (Phi) is 8.55. The van der Waals surface area contributed by atoms with Crippen molar-refractivity contribution in [3.05, 3.63) is 89.9 Å². The highest BCUT2D eigenvalue weighted by molar-refractivity contribution is 5.97. The van der Waals surface area contributed by atoms with Crippen LogP contribution < -0.4 is 9.80 Å². The third-order valence-corrected chi connectivity index (χ3v) is 5.82. The van der Waals surface area contributed by atoms with Gasteiger partial charge in [-0.2, -0.15) is 0 Å². The molecule has 0 N–H and O–H groups in total. The van der Waals surface area contributed by atoms with Gasteiger partial charge in [-0.25, -0.2) is 9.37 Å². The van der Waals surface area contributed by atoms with Gasteiger partial charge < -0.3 is 9.80 Å². The van der Waals surface area contributed by atoms with Crippen molar-refractivity contribution < 1.29 is 9.18 Å². The maximum atomic E-state index is 13.8. The molecule has 33 heavy (non-hydrogen) atoms. The molecule has 2 aromatic carbocycles. The summed E-state index contributed by atoms with van der Waals surface area (Å²) in [5.74, 6) is 0.548. The number of carbonyl (C=O) groups is 1. The number of pyridine rings is 1. The van der Waals surface area contributed by atoms with E-state index < -0.39 is 0 Å². The number of halogens is 1. The minimum absolute atomic E-state index is 0.0386. The number of hydrogen-bond acceptors (Lipinski definition) is 4. The van der Waals surface area contributed by atoms with Crippen LogP contribution in [0.25, 0.3) is 0 Å². The lowest BCUT2D eigenvalue weighted by atomic mass is 10.0. The largest absolute Gasteiger partial charge is 0.357 e. The first-order valence-corrected chi connectivity index (χ1v) is 11.4. The Labute approximate surface area is 196 Å². The molecule has 0 spiro atoms. The van der Waals surface area contributed by atoms with Crippen LogP contribution in [0.15, 0.2) is 72.9 Å². The first-order valence-electron chi connectivity index (χ1n) is 11.4. The highest BCUT2D eigenvalue weighted by atomic mass is 19.1. The summed E-state index contributed by atoms with van der Waals surface area (Å²) in [7, 11) is 3.82. The van der Waals surface area contributed by atoms with Crippen LogP contribution in [0.5, 0.6) is 0 Å². The van der Waals surface area contributed by atoms with Crippen LogP contribution in [-0.2, 0) is 17.8 Å². The number of rotatable bonds is 10. The smallest absolute Gasteiger partial charge is 0.244 e. The molecule has 0 unspecified atom stereocenters. The first-order chi connectivity index (χ1) is 15.9. The van der Waals surface area contributed by atoms with Crippen molar-refractivity contribution in [3.63, 3.8) is 0 Å². The topological polar surface area (TPSA) is 39.7 Å². The lowest BCUT2D eigenvalue weighted by molar-refractivity contribution is -0.123. The number of anilines is 2. The molecule has 0 fully saturated rings. The van der Waals surface area contributed by atoms with Crippen molar-refractivity contribution in [2.24, 2.45) is 0 Å². The molecule has 0 aliphatic heterocycles. The maximum Gasteiger partial charge on any atom is 0.244 e. The number of likely N-dealkylation sites (N-methyl/N-ethyl adjacent to an activating group) is 1. The summed E-state index contributed by atoms with van der Waals surface area (Å²) in [4.78, 5) is 24.3. The maximum absolute atomic E-state index is 13.8. The van der Waals surface area contributed by atoms with Gasteiger partial charge in [0.05, 0.1) is 12.6 Å². The fourth-order valence-corrected chi connectivity index (χ4v) is 3.85. The Morgan fingerprint density at radius 3 is 2.12 bits per heavy atom. The van der Waals surface area contributed by atoms with Crippen LogP contribution in [-0.4, -0.2) is 49.0 Å². The molecule has 0 aliphatic carbocycles. The van der Waals surface area contributed by atoms with E-state index in [-0.39, 0.29) is 17.8 Å². The van der Waals surface area contributed by atoms with Crippen molar-refractivity contribution >= 4 is 17.4 Å². The molecule has 0 bridgehead atoms. The van der Waals surface area contributed by atoms with E-state index in [1.807, 2.05) is 67.7 Å². The Balaban J connectivity index is 1.90. The lowest BCUT2D eigenvalue weighted by Crippen LogP contribution is -2.47. The van der Waals surface area contributed by atoms with Gasteiger partial charge in [0.15, 0.2) is 0 Å². The fraction of sp³-hybridized carbons (Fsp3) is 0.333. The molecule has 174 valence electrons. The van der Waals surface area contributed by atoms with Crippen molar-refractivity contribution in [2.45, 2.75) is 32.9 Å². The molecule has 0 aliphatic rings. The predicted octanol–water partition coefficient (Wildman–Crippen LogP) is 4.77. The third-order valence-electron chi connectivity index (χ3n) is 5.82. The Bertz CT molecular complexity index is 1000. The molecular weight excluding hydrogens is 415 g/mol. The fourth-order valence-electron chi connectivity index (χ4n) is 3.85. The van der Waals surface area contributed by atoms with Crippen LogP contribution in [0, 0.1) is 5.82 Å². The minimum atomic E-state index is -0.361. The zero-order chi connectivity index (χ0) is 23.8. The minimum Gasteiger partial charge on any atom is -0.357 e. The van der Waals surface area contributed by atoms with E-state index in [0.717, 1.165) is 30.0 Å². The molecular formula is C27H33FN4O. The van der Waals surface area contributed by atoms with Crippen molar-refractivity contribution in [2.75, 3.05) is 37.0 Å². The Hall–Kier alpha value is -3.25. The normalized spacial score (nSPS) is 11.9. The summed E-state index contributed by atoms with van der Waals surface area (Å²) in [6.07, 6.45) is 2.41. The second-order valence-corrected chi connectivity index (χ2v) is 8.27. The van der Waals surface area contributed by atoms with Crippen LogP contribution in [0.2, 0.25) is 0 Å². The first kappa shape index (κ1) is 24.4. The standard InChI is InChI=1S/C27H33FN4O/c1-5-31(6-2)26-17-12-22(19-29-26)20-32(24-15-13-23(28)14-16-24)27(33)25(30(3)4)18-21-10-8-7-9-11-21/h7-17,19,25H,5-6,18,20H2,1-4H3/t25-/m0/s1. The van der Waals surface area contributed by atoms with E-state index >= 15 is 0 Å². The number of aromatic nitrogens is 1. The molecule has 5 nitrogen and oxygen atoms in total. The summed E-state index contributed by atoms with van der Waals surface area (Å²) in [6.45, 7) is 6.32. The quantitative estimate of drug-likeness (QED) is 0.448. The van der Waals surface area contributed by atoms with Gasteiger partial charge in [0.1, 0.15) is 11.6 Å². The van der Waals surface area contributed by atoms with Gasteiger partial charge in [-0.1, -0.05) is 36.4 Å². The summed E-state index contributed by atoms with van der Waals surface area (Å²) in [5.41, 5.74) is 2.67. The number of nitrogens with zero attached hydrogens (tertiary/aromatic N) is 4. The van der Waals surface area contributed by atoms with Crippen LogP contribution in [0.4, 0.5) is 15.9 Å². The monoisotopic (exact) mass is 448 g/mol. The second kappa shape index (κ2) is 11.6. The molecule has 3 rings (SSSR count). The average molecular weight is 449 g/mol. The number of benzene rings is 2. The number of carbonyl (C=O) groups excluding carboxylic acids is 1. The summed E-state index contributed by atoms with van der Waals surface area (Å²) in [5, 5.41) is 0. The molecule has 3 aromatic rings. The van der Waals surface area contributed by atoms with Crippen LogP contribution >= 0.6 is 0 Å². The van der Waals surface area contributed by atoms with Gasteiger partial charge in [-0.15, -0.1) is 0 Å². The molecule has 0 radical (unpaired) electrons. The Morgan fingerprint density at radius 1 is 0.909 bits per heavy atom. The zero-order valence-corrected chi connectivity index (χ0v) is 19.9. The third kappa shape index (κ3) is 6.39. The highest BCUT2D eigenvalue weighted by Gasteiger charge is 2.28. The average Bonchev–Trinajstić information content (AvgIpc) is 2.83. The molecule has 1 heterocycles. The SMILES string of the molecule is CCN(CC)c1ccc(CN(C(=O)[C@H](Cc2ccccc2)N(C)C)c2ccc(F)cc2)cn1. The Morgan fingerprint density at radius 2 is 1.58 bits per heavy atom. The molecule has 0 saturated carbocycles. The second-order valence-electron chi connectivity index (χ2n) is 8.27. The van der Waals surface area contributed by atoms with Crippen molar-refractivity contribution in [3.8, 4) is 0 Å². The van der Waals surface area contributed by atoms with Gasteiger partial charge in [0.2, 0.25) is 5.91 Å². The highest BCUT2D eigenvalue weighted by Crippen LogP contribution is 2.22. The molecule has 1 amide bonds. The van der Waals surface area contributed by atoms with Crippen LogP contribution in [0.1, 0.15) is 25.0 Å². The van der Waals surface area contributed by atoms with Gasteiger partial charge >= 0.3 is 0 Å². The van der Waals surface area contributed by atoms with Crippen molar-refractivity contribution in [1.82, 2.24) is 9.88 Å². The summed E-state index contributed by atoms with van der Waals surface area (Å²) < 4.78 is 13.6. The van der Waals surface area contributed by atoms with E-state index in [1.165, 1.54) is 12.1 Å². The summed E-state index contributed by atoms with van der Waals surface area (Å²) in [6, 6.07) is 19.7. The van der Waals surface area contributed by atoms with E-state index in [2.05, 4.69) is 23.7 Å². The van der Waals surface area contributed by atoms with Crippen molar-refractivity contribution in [1.29, 1.82) is 0 Å². The van der Waals surface area contributed by atoms with E-state index in [0.29, 0.717) is 18.7 Å². The van der Waals surface area contributed by atoms with Gasteiger partial charge in [-0.05, 0) is 75.8 Å². The van der Waals surface area contributed by atoms with Crippen LogP contribution in [0.3, 0.4) is 0 Å². The number of amides is 1. The van der Waals surface area contributed by atoms with E-state index in [4.69, 9.17) is 0 Å². The molecule has 1 aromatic heterocycles. The number of hydrogen-bond donors (Lipinski definition) is 0. The van der Waals surface area contributed by atoms with E-state index in [9.17, 15) is 9.18 Å². The predicted molar refractivity (Wildman–Crippen MR) is 133 cm³/mol. The van der Waals surface area contributed by atoms with E-state index in [1.54, 1.807) is 17.0 Å². The van der Waals surface area contributed by atoms with Gasteiger partial charge in [0.25, 0.3) is 0 Å². The van der Waals surface area contributed by atoms with Gasteiger partial charge in [-0.3, -0.25) is 9.69 Å². The molecule has 1 atom stereocenters. The van der Waals surface area contributed by atoms with Gasteiger partial charge in [0, 0.05) is 25.0 Å². The lowest BCUT2D eigenvalue weighted by Gasteiger charge is -2.31. The summed E-state index contributed by atoms with van der Waals surface area (Å²) >= 11 is 0.